The van der Waals surface area contributed by atoms with Crippen molar-refractivity contribution in [2.45, 2.75) is 44.3 Å². The van der Waals surface area contributed by atoms with Crippen LogP contribution in [0.4, 0.5) is 0 Å². The predicted octanol–water partition coefficient (Wildman–Crippen LogP) is -1.99. The van der Waals surface area contributed by atoms with Gasteiger partial charge in [-0.05, 0) is 18.9 Å². The Morgan fingerprint density at radius 3 is 2.13 bits per heavy atom. The number of aliphatic carboxylic acids is 1. The molecule has 3 unspecified atom stereocenters. The van der Waals surface area contributed by atoms with Crippen LogP contribution in [0.2, 0.25) is 0 Å². The molecule has 0 bridgehead atoms. The van der Waals surface area contributed by atoms with E-state index in [9.17, 15) is 24.0 Å². The molecule has 11 nitrogen and oxygen atoms in total. The maximum absolute atomic E-state index is 12.6. The Morgan fingerprint density at radius 2 is 1.60 bits per heavy atom. The second-order valence-electron chi connectivity index (χ2n) is 6.65. The molecule has 1 aromatic rings. The zero-order chi connectivity index (χ0) is 22.7. The first-order valence-corrected chi connectivity index (χ1v) is 9.29. The number of hydrogen-bond donors (Lipinski definition) is 6. The zero-order valence-electron chi connectivity index (χ0n) is 16.6. The number of nitrogens with two attached hydrogens (primary N) is 2. The highest BCUT2D eigenvalue weighted by Gasteiger charge is 2.27. The van der Waals surface area contributed by atoms with Crippen LogP contribution in [0.1, 0.15) is 25.3 Å². The van der Waals surface area contributed by atoms with Crippen LogP contribution in [-0.2, 0) is 30.4 Å². The highest BCUT2D eigenvalue weighted by Crippen LogP contribution is 2.04. The van der Waals surface area contributed by atoms with E-state index < -0.39 is 47.7 Å². The molecule has 11 heteroatoms. The van der Waals surface area contributed by atoms with E-state index in [1.54, 1.807) is 30.3 Å². The van der Waals surface area contributed by atoms with Crippen molar-refractivity contribution in [3.8, 4) is 0 Å². The number of amides is 4. The number of rotatable bonds is 12. The van der Waals surface area contributed by atoms with Crippen molar-refractivity contribution in [2.24, 2.45) is 11.5 Å². The number of nitrogens with one attached hydrogen (secondary N) is 3. The van der Waals surface area contributed by atoms with Crippen LogP contribution >= 0.6 is 0 Å². The van der Waals surface area contributed by atoms with Gasteiger partial charge in [-0.25, -0.2) is 4.79 Å². The molecule has 1 aromatic carbocycles. The van der Waals surface area contributed by atoms with Crippen molar-refractivity contribution < 1.29 is 29.1 Å². The molecule has 0 fully saturated rings. The number of carbonyl (C=O) groups is 5. The number of primary amides is 1. The largest absolute Gasteiger partial charge is 0.480 e. The molecule has 30 heavy (non-hydrogen) atoms. The van der Waals surface area contributed by atoms with Crippen molar-refractivity contribution in [3.05, 3.63) is 35.9 Å². The Morgan fingerprint density at radius 1 is 0.967 bits per heavy atom. The molecule has 8 N–H and O–H groups in total. The van der Waals surface area contributed by atoms with Crippen LogP contribution in [0.3, 0.4) is 0 Å². The topological polar surface area (TPSA) is 194 Å². The maximum Gasteiger partial charge on any atom is 0.326 e. The van der Waals surface area contributed by atoms with Crippen LogP contribution in [0.25, 0.3) is 0 Å². The summed E-state index contributed by atoms with van der Waals surface area (Å²) < 4.78 is 0. The van der Waals surface area contributed by atoms with Gasteiger partial charge in [-0.15, -0.1) is 0 Å². The molecule has 3 atom stereocenters. The Bertz CT molecular complexity index is 770. The average molecular weight is 421 g/mol. The molecule has 4 amide bonds. The molecule has 0 aliphatic heterocycles. The van der Waals surface area contributed by atoms with Crippen molar-refractivity contribution in [1.29, 1.82) is 0 Å². The number of benzene rings is 1. The molecule has 0 aliphatic carbocycles. The Labute approximate surface area is 173 Å². The molecule has 0 heterocycles. The molecule has 0 saturated carbocycles. The maximum atomic E-state index is 12.6. The van der Waals surface area contributed by atoms with Crippen LogP contribution in [-0.4, -0.2) is 59.4 Å². The molecule has 0 saturated heterocycles. The highest BCUT2D eigenvalue weighted by molar-refractivity contribution is 5.93. The third kappa shape index (κ3) is 8.69. The number of carboxylic acid groups (broad SMARTS) is 1. The van der Waals surface area contributed by atoms with Crippen LogP contribution in [0, 0.1) is 0 Å². The SMILES string of the molecule is CC(NC(=O)C(Cc1ccccc1)NC(=O)CN)C(=O)NC(CCC(N)=O)C(=O)O. The third-order valence-corrected chi connectivity index (χ3v) is 4.17. The van der Waals surface area contributed by atoms with Gasteiger partial charge in [0, 0.05) is 12.8 Å². The van der Waals surface area contributed by atoms with Gasteiger partial charge >= 0.3 is 5.97 Å². The lowest BCUT2D eigenvalue weighted by atomic mass is 10.0. The second kappa shape index (κ2) is 12.2. The number of carboxylic acids is 1. The molecule has 0 spiro atoms. The normalized spacial score (nSPS) is 13.4. The van der Waals surface area contributed by atoms with Gasteiger partial charge in [0.2, 0.25) is 23.6 Å². The van der Waals surface area contributed by atoms with Crippen molar-refractivity contribution in [1.82, 2.24) is 16.0 Å². The van der Waals surface area contributed by atoms with E-state index in [1.165, 1.54) is 6.92 Å². The zero-order valence-corrected chi connectivity index (χ0v) is 16.6. The summed E-state index contributed by atoms with van der Waals surface area (Å²) in [5.41, 5.74) is 11.1. The molecule has 0 aliphatic rings. The van der Waals surface area contributed by atoms with E-state index in [4.69, 9.17) is 16.6 Å². The fourth-order valence-electron chi connectivity index (χ4n) is 2.53. The minimum absolute atomic E-state index is 0.170. The van der Waals surface area contributed by atoms with E-state index in [0.717, 1.165) is 5.56 Å². The number of carbonyl (C=O) groups excluding carboxylic acids is 4. The first kappa shape index (κ1) is 24.6. The second-order valence-corrected chi connectivity index (χ2v) is 6.65. The fourth-order valence-corrected chi connectivity index (χ4v) is 2.53. The Balaban J connectivity index is 2.77. The van der Waals surface area contributed by atoms with E-state index >= 15 is 0 Å². The van der Waals surface area contributed by atoms with Gasteiger partial charge in [0.1, 0.15) is 18.1 Å². The first-order chi connectivity index (χ1) is 14.1. The van der Waals surface area contributed by atoms with Gasteiger partial charge in [-0.3, -0.25) is 19.2 Å². The summed E-state index contributed by atoms with van der Waals surface area (Å²) in [5, 5.41) is 16.4. The minimum Gasteiger partial charge on any atom is -0.480 e. The lowest BCUT2D eigenvalue weighted by Crippen LogP contribution is -2.55. The molecule has 0 aromatic heterocycles. The summed E-state index contributed by atoms with van der Waals surface area (Å²) in [6.45, 7) is 1.05. The summed E-state index contributed by atoms with van der Waals surface area (Å²) in [7, 11) is 0. The molecule has 1 rings (SSSR count). The van der Waals surface area contributed by atoms with Gasteiger partial charge in [-0.1, -0.05) is 30.3 Å². The average Bonchev–Trinajstić information content (AvgIpc) is 2.70. The lowest BCUT2D eigenvalue weighted by Gasteiger charge is -2.22. The van der Waals surface area contributed by atoms with Crippen LogP contribution < -0.4 is 27.4 Å². The quantitative estimate of drug-likeness (QED) is 0.225. The van der Waals surface area contributed by atoms with Crippen molar-refractivity contribution >= 4 is 29.6 Å². The highest BCUT2D eigenvalue weighted by atomic mass is 16.4. The Kier molecular flexibility index (Phi) is 9.97. The summed E-state index contributed by atoms with van der Waals surface area (Å²) in [5.74, 6) is -3.96. The van der Waals surface area contributed by atoms with Crippen molar-refractivity contribution in [2.75, 3.05) is 6.54 Å². The van der Waals surface area contributed by atoms with Gasteiger partial charge in [-0.2, -0.15) is 0 Å². The minimum atomic E-state index is -1.33. The summed E-state index contributed by atoms with van der Waals surface area (Å²) in [6.07, 6.45) is -0.231. The monoisotopic (exact) mass is 421 g/mol. The van der Waals surface area contributed by atoms with E-state index in [0.29, 0.717) is 0 Å². The predicted molar refractivity (Wildman–Crippen MR) is 107 cm³/mol. The van der Waals surface area contributed by atoms with E-state index in [1.807, 2.05) is 0 Å². The van der Waals surface area contributed by atoms with Gasteiger partial charge in [0.25, 0.3) is 0 Å². The van der Waals surface area contributed by atoms with Crippen molar-refractivity contribution in [3.63, 3.8) is 0 Å². The van der Waals surface area contributed by atoms with E-state index in [-0.39, 0.29) is 25.8 Å². The van der Waals surface area contributed by atoms with Gasteiger partial charge in [0.15, 0.2) is 0 Å². The first-order valence-electron chi connectivity index (χ1n) is 9.29. The van der Waals surface area contributed by atoms with Crippen LogP contribution in [0.15, 0.2) is 30.3 Å². The fraction of sp³-hybridized carbons (Fsp3) is 0.421. The standard InChI is InChI=1S/C19H27N5O6/c1-11(17(27)24-13(19(29)30)7-8-15(21)25)22-18(28)14(23-16(26)10-20)9-12-5-3-2-4-6-12/h2-6,11,13-14H,7-10,20H2,1H3,(H2,21,25)(H,22,28)(H,23,26)(H,24,27)(H,29,30). The van der Waals surface area contributed by atoms with E-state index in [2.05, 4.69) is 16.0 Å². The number of hydrogen-bond acceptors (Lipinski definition) is 6. The van der Waals surface area contributed by atoms with Crippen LogP contribution in [0.5, 0.6) is 0 Å². The molecule has 164 valence electrons. The summed E-state index contributed by atoms with van der Waals surface area (Å²) in [6, 6.07) is 5.52. The lowest BCUT2D eigenvalue weighted by molar-refractivity contribution is -0.142. The van der Waals surface area contributed by atoms with Gasteiger partial charge in [0.05, 0.1) is 6.54 Å². The smallest absolute Gasteiger partial charge is 0.326 e. The molecular formula is C19H27N5O6. The summed E-state index contributed by atoms with van der Waals surface area (Å²) >= 11 is 0. The third-order valence-electron chi connectivity index (χ3n) is 4.17. The summed E-state index contributed by atoms with van der Waals surface area (Å²) in [4.78, 5) is 58.7. The Hall–Kier alpha value is -3.47. The van der Waals surface area contributed by atoms with Gasteiger partial charge < -0.3 is 32.5 Å². The molecule has 0 radical (unpaired) electrons. The molecular weight excluding hydrogens is 394 g/mol.